The Hall–Kier alpha value is -2.85. The lowest BCUT2D eigenvalue weighted by atomic mass is 10.0. The number of ketones is 1. The van der Waals surface area contributed by atoms with Crippen LogP contribution in [0.2, 0.25) is 0 Å². The fourth-order valence-electron chi connectivity index (χ4n) is 4.31. The minimum absolute atomic E-state index is 0.0884. The number of rotatable bonds is 9. The van der Waals surface area contributed by atoms with E-state index in [1.807, 2.05) is 13.8 Å². The van der Waals surface area contributed by atoms with Gasteiger partial charge in [0.1, 0.15) is 6.42 Å². The van der Waals surface area contributed by atoms with Crippen molar-refractivity contribution in [1.82, 2.24) is 0 Å². The molecule has 0 aliphatic rings. The van der Waals surface area contributed by atoms with Gasteiger partial charge in [0.2, 0.25) is 18.2 Å². The highest BCUT2D eigenvalue weighted by atomic mass is 31.2. The largest absolute Gasteiger partial charge is 0.466 e. The van der Waals surface area contributed by atoms with E-state index in [0.29, 0.717) is 22.3 Å². The molecular formula is C26H31O6P. The van der Waals surface area contributed by atoms with E-state index in [1.165, 1.54) is 0 Å². The van der Waals surface area contributed by atoms with Crippen molar-refractivity contribution in [1.29, 1.82) is 0 Å². The number of esters is 1. The summed E-state index contributed by atoms with van der Waals surface area (Å²) in [4.78, 5) is 51.9. The summed E-state index contributed by atoms with van der Waals surface area (Å²) in [6.07, 6.45) is -1.46. The summed E-state index contributed by atoms with van der Waals surface area (Å²) in [7, 11) is -4.45. The molecule has 2 rings (SSSR count). The Kier molecular flexibility index (Phi) is 8.31. The lowest BCUT2D eigenvalue weighted by Crippen LogP contribution is -2.23. The van der Waals surface area contributed by atoms with E-state index in [4.69, 9.17) is 4.74 Å². The molecule has 176 valence electrons. The van der Waals surface area contributed by atoms with Crippen LogP contribution in [0.4, 0.5) is 0 Å². The van der Waals surface area contributed by atoms with Gasteiger partial charge in [-0.05, 0) is 70.7 Å². The molecule has 0 unspecified atom stereocenters. The summed E-state index contributed by atoms with van der Waals surface area (Å²) in [6.45, 7) is 12.3. The molecule has 7 heteroatoms. The predicted octanol–water partition coefficient (Wildman–Crippen LogP) is 5.40. The van der Waals surface area contributed by atoms with Crippen molar-refractivity contribution in [2.24, 2.45) is 0 Å². The normalized spacial score (nSPS) is 11.2. The number of hydrogen-bond acceptors (Lipinski definition) is 6. The van der Waals surface area contributed by atoms with Crippen molar-refractivity contribution in [3.05, 3.63) is 68.8 Å². The van der Waals surface area contributed by atoms with Gasteiger partial charge in [-0.25, -0.2) is 0 Å². The Morgan fingerprint density at radius 3 is 1.42 bits per heavy atom. The number of Topliss-reactive ketones (excluding diaryl/α,β-unsaturated/α-hetero) is 1. The smallest absolute Gasteiger partial charge is 0.313 e. The fraction of sp³-hybridized carbons (Fsp3) is 0.385. The minimum atomic E-state index is -4.45. The summed E-state index contributed by atoms with van der Waals surface area (Å²) >= 11 is 0. The third-order valence-electron chi connectivity index (χ3n) is 5.48. The van der Waals surface area contributed by atoms with Gasteiger partial charge < -0.3 is 9.30 Å². The monoisotopic (exact) mass is 470 g/mol. The van der Waals surface area contributed by atoms with Gasteiger partial charge in [-0.2, -0.15) is 0 Å². The van der Waals surface area contributed by atoms with E-state index in [0.717, 1.165) is 11.1 Å². The van der Waals surface area contributed by atoms with Crippen molar-refractivity contribution in [2.75, 3.05) is 12.8 Å². The molecule has 6 nitrogen and oxygen atoms in total. The van der Waals surface area contributed by atoms with Crippen LogP contribution < -0.4 is 0 Å². The van der Waals surface area contributed by atoms with Crippen LogP contribution >= 0.6 is 7.14 Å². The summed E-state index contributed by atoms with van der Waals surface area (Å²) < 4.78 is 19.1. The first kappa shape index (κ1) is 26.4. The Balaban J connectivity index is 2.66. The van der Waals surface area contributed by atoms with E-state index < -0.39 is 42.5 Å². The maximum absolute atomic E-state index is 14.3. The summed E-state index contributed by atoms with van der Waals surface area (Å²) in [5.74, 6) is -1.54. The first-order chi connectivity index (χ1) is 15.3. The number of aryl methyl sites for hydroxylation is 6. The second-order valence-electron chi connectivity index (χ2n) is 8.58. The average molecular weight is 471 g/mol. The molecule has 0 amide bonds. The van der Waals surface area contributed by atoms with Gasteiger partial charge in [-0.3, -0.25) is 19.2 Å². The SMILES string of the molecule is CCOC(=O)CC(=O)CP(=O)(C(=O)c1c(C)cc(C)cc1C)C(=O)c1c(C)cc(C)cc1C. The standard InChI is InChI=1S/C26H31O6P/c1-8-32-22(28)13-21(27)14-33(31,25(29)23-17(4)9-15(2)10-18(23)5)26(30)24-19(6)11-16(3)12-20(24)7/h9-12H,8,13-14H2,1-7H3. The van der Waals surface area contributed by atoms with Crippen molar-refractivity contribution < 1.29 is 28.5 Å². The van der Waals surface area contributed by atoms with Gasteiger partial charge >= 0.3 is 5.97 Å². The molecule has 0 N–H and O–H groups in total. The molecule has 0 saturated heterocycles. The van der Waals surface area contributed by atoms with Crippen LogP contribution in [0, 0.1) is 41.5 Å². The predicted molar refractivity (Wildman–Crippen MR) is 129 cm³/mol. The number of carbonyl (C=O) groups is 4. The quantitative estimate of drug-likeness (QED) is 0.277. The Bertz CT molecular complexity index is 1070. The Morgan fingerprint density at radius 2 is 1.09 bits per heavy atom. The molecule has 2 aromatic carbocycles. The Morgan fingerprint density at radius 1 is 0.727 bits per heavy atom. The highest BCUT2D eigenvalue weighted by Gasteiger charge is 2.44. The lowest BCUT2D eigenvalue weighted by Gasteiger charge is -2.20. The van der Waals surface area contributed by atoms with E-state index in [9.17, 15) is 23.7 Å². The van der Waals surface area contributed by atoms with E-state index in [-0.39, 0.29) is 17.7 Å². The minimum Gasteiger partial charge on any atom is -0.466 e. The number of ether oxygens (including phenoxy) is 1. The lowest BCUT2D eigenvalue weighted by molar-refractivity contribution is -0.145. The van der Waals surface area contributed by atoms with E-state index in [2.05, 4.69) is 0 Å². The second kappa shape index (κ2) is 10.4. The van der Waals surface area contributed by atoms with E-state index in [1.54, 1.807) is 58.9 Å². The van der Waals surface area contributed by atoms with Crippen molar-refractivity contribution in [3.8, 4) is 0 Å². The maximum Gasteiger partial charge on any atom is 0.313 e. The first-order valence-corrected chi connectivity index (χ1v) is 12.7. The zero-order valence-electron chi connectivity index (χ0n) is 20.3. The third kappa shape index (κ3) is 5.75. The molecule has 0 aromatic heterocycles. The highest BCUT2D eigenvalue weighted by Crippen LogP contribution is 2.53. The van der Waals surface area contributed by atoms with Crippen molar-refractivity contribution in [2.45, 2.75) is 54.9 Å². The molecule has 2 aromatic rings. The molecule has 0 spiro atoms. The molecule has 0 atom stereocenters. The number of benzene rings is 2. The molecule has 0 aliphatic carbocycles. The summed E-state index contributed by atoms with van der Waals surface area (Å²) in [6, 6.07) is 7.10. The van der Waals surface area contributed by atoms with Crippen LogP contribution in [-0.4, -0.2) is 35.6 Å². The van der Waals surface area contributed by atoms with Crippen LogP contribution in [0.15, 0.2) is 24.3 Å². The van der Waals surface area contributed by atoms with Gasteiger partial charge in [0, 0.05) is 11.1 Å². The van der Waals surface area contributed by atoms with Gasteiger partial charge in [-0.15, -0.1) is 0 Å². The van der Waals surface area contributed by atoms with Crippen LogP contribution in [0.1, 0.15) is 67.4 Å². The highest BCUT2D eigenvalue weighted by molar-refractivity contribution is 7.96. The van der Waals surface area contributed by atoms with Crippen LogP contribution in [0.25, 0.3) is 0 Å². The molecule has 0 saturated carbocycles. The molecule has 0 radical (unpaired) electrons. The Labute approximate surface area is 195 Å². The molecule has 0 bridgehead atoms. The fourth-order valence-corrected chi connectivity index (χ4v) is 6.82. The molecule has 0 heterocycles. The van der Waals surface area contributed by atoms with Crippen LogP contribution in [0.3, 0.4) is 0 Å². The topological polar surface area (TPSA) is 94.6 Å². The molecule has 0 fully saturated rings. The van der Waals surface area contributed by atoms with E-state index >= 15 is 0 Å². The third-order valence-corrected chi connectivity index (χ3v) is 8.04. The second-order valence-corrected chi connectivity index (χ2v) is 11.2. The average Bonchev–Trinajstić information content (AvgIpc) is 2.65. The van der Waals surface area contributed by atoms with Gasteiger partial charge in [0.15, 0.2) is 5.78 Å². The van der Waals surface area contributed by atoms with Crippen LogP contribution in [0.5, 0.6) is 0 Å². The van der Waals surface area contributed by atoms with Gasteiger partial charge in [-0.1, -0.05) is 35.4 Å². The van der Waals surface area contributed by atoms with Gasteiger partial charge in [0.05, 0.1) is 12.8 Å². The van der Waals surface area contributed by atoms with Gasteiger partial charge in [0.25, 0.3) is 0 Å². The number of hydrogen-bond donors (Lipinski definition) is 0. The maximum atomic E-state index is 14.3. The van der Waals surface area contributed by atoms with Crippen molar-refractivity contribution >= 4 is 29.9 Å². The zero-order chi connectivity index (χ0) is 25.1. The summed E-state index contributed by atoms with van der Waals surface area (Å²) in [5.41, 5.74) is 2.85. The van der Waals surface area contributed by atoms with Crippen LogP contribution in [-0.2, 0) is 18.9 Å². The van der Waals surface area contributed by atoms with Crippen molar-refractivity contribution in [3.63, 3.8) is 0 Å². The number of carbonyl (C=O) groups excluding carboxylic acids is 4. The molecular weight excluding hydrogens is 439 g/mol. The first-order valence-electron chi connectivity index (χ1n) is 10.8. The molecule has 0 aliphatic heterocycles. The zero-order valence-corrected chi connectivity index (χ0v) is 21.2. The summed E-state index contributed by atoms with van der Waals surface area (Å²) in [5, 5.41) is 0. The molecule has 33 heavy (non-hydrogen) atoms.